The molecule has 6 nitrogen and oxygen atoms in total. The molecule has 0 fully saturated rings. The lowest BCUT2D eigenvalue weighted by Crippen LogP contribution is -2.31. The summed E-state index contributed by atoms with van der Waals surface area (Å²) in [7, 11) is 1.54. The molecule has 0 unspecified atom stereocenters. The van der Waals surface area contributed by atoms with Crippen LogP contribution in [0.1, 0.15) is 6.42 Å². The van der Waals surface area contributed by atoms with Gasteiger partial charge in [0.05, 0.1) is 0 Å². The van der Waals surface area contributed by atoms with Crippen LogP contribution < -0.4 is 0 Å². The fourth-order valence-corrected chi connectivity index (χ4v) is 0.932. The van der Waals surface area contributed by atoms with Crippen LogP contribution in [0.15, 0.2) is 5.11 Å². The highest BCUT2D eigenvalue weighted by molar-refractivity contribution is 6.67. The van der Waals surface area contributed by atoms with Crippen LogP contribution in [0, 0.1) is 0 Å². The Labute approximate surface area is 108 Å². The third-order valence-electron chi connectivity index (χ3n) is 1.49. The van der Waals surface area contributed by atoms with Gasteiger partial charge in [-0.3, -0.25) is 0 Å². The molecule has 0 N–H and O–H groups in total. The van der Waals surface area contributed by atoms with Gasteiger partial charge in [-0.2, -0.15) is 0 Å². The van der Waals surface area contributed by atoms with E-state index in [4.69, 9.17) is 45.1 Å². The van der Waals surface area contributed by atoms with Crippen molar-refractivity contribution in [3.8, 4) is 0 Å². The molecule has 0 aromatic carbocycles. The molecule has 0 rings (SSSR count). The molecule has 0 aliphatic carbocycles. The average Bonchev–Trinajstić information content (AvgIpc) is 2.19. The van der Waals surface area contributed by atoms with Crippen LogP contribution in [0.4, 0.5) is 4.79 Å². The minimum atomic E-state index is -1.61. The van der Waals surface area contributed by atoms with Gasteiger partial charge in [0.1, 0.15) is 6.61 Å². The number of hydrogen-bond donors (Lipinski definition) is 0. The Morgan fingerprint density at radius 2 is 2.19 bits per heavy atom. The maximum Gasteiger partial charge on any atom is 0.409 e. The minimum absolute atomic E-state index is 0.308. The van der Waals surface area contributed by atoms with Crippen LogP contribution in [-0.2, 0) is 4.74 Å². The maximum atomic E-state index is 11.3. The van der Waals surface area contributed by atoms with E-state index in [1.54, 1.807) is 0 Å². The van der Waals surface area contributed by atoms with Gasteiger partial charge >= 0.3 is 6.09 Å². The molecule has 0 bridgehead atoms. The summed E-state index contributed by atoms with van der Waals surface area (Å²) in [6, 6.07) is 0. The summed E-state index contributed by atoms with van der Waals surface area (Å²) < 4.78 is 3.10. The van der Waals surface area contributed by atoms with Gasteiger partial charge in [0, 0.05) is 25.0 Å². The van der Waals surface area contributed by atoms with Gasteiger partial charge < -0.3 is 9.64 Å². The monoisotopic (exact) mass is 288 g/mol. The summed E-state index contributed by atoms with van der Waals surface area (Å²) in [5, 5.41) is 3.33. The number of hydrogen-bond acceptors (Lipinski definition) is 3. The second-order valence-electron chi connectivity index (χ2n) is 2.90. The van der Waals surface area contributed by atoms with Crippen LogP contribution in [0.25, 0.3) is 10.4 Å². The lowest BCUT2D eigenvalue weighted by molar-refractivity contribution is 0.112. The van der Waals surface area contributed by atoms with Gasteiger partial charge in [-0.05, 0) is 12.0 Å². The predicted molar refractivity (Wildman–Crippen MR) is 62.9 cm³/mol. The van der Waals surface area contributed by atoms with Gasteiger partial charge in [-0.25, -0.2) is 4.79 Å². The highest BCUT2D eigenvalue weighted by Crippen LogP contribution is 2.26. The second-order valence-corrected chi connectivity index (χ2v) is 5.42. The van der Waals surface area contributed by atoms with E-state index >= 15 is 0 Å². The van der Waals surface area contributed by atoms with Crippen LogP contribution >= 0.6 is 34.8 Å². The smallest absolute Gasteiger partial charge is 0.409 e. The van der Waals surface area contributed by atoms with Gasteiger partial charge in [0.25, 0.3) is 0 Å². The zero-order chi connectivity index (χ0) is 12.6. The number of amides is 1. The van der Waals surface area contributed by atoms with Crippen molar-refractivity contribution in [2.75, 3.05) is 26.7 Å². The largest absolute Gasteiger partial charge is 0.445 e. The molecule has 0 heterocycles. The van der Waals surface area contributed by atoms with Crippen molar-refractivity contribution in [3.63, 3.8) is 0 Å². The van der Waals surface area contributed by atoms with E-state index in [1.165, 1.54) is 11.9 Å². The van der Waals surface area contributed by atoms with E-state index in [0.29, 0.717) is 19.5 Å². The first-order valence-corrected chi connectivity index (χ1v) is 5.45. The predicted octanol–water partition coefficient (Wildman–Crippen LogP) is 3.13. The van der Waals surface area contributed by atoms with Crippen molar-refractivity contribution < 1.29 is 9.53 Å². The van der Waals surface area contributed by atoms with E-state index in [-0.39, 0.29) is 6.61 Å². The van der Waals surface area contributed by atoms with Gasteiger partial charge in [0.15, 0.2) is 0 Å². The van der Waals surface area contributed by atoms with E-state index < -0.39 is 9.89 Å². The first-order chi connectivity index (χ1) is 7.37. The molecule has 9 heteroatoms. The molecule has 0 atom stereocenters. The van der Waals surface area contributed by atoms with E-state index in [2.05, 4.69) is 10.0 Å². The molecule has 0 radical (unpaired) electrons. The number of nitrogens with zero attached hydrogens (tertiary/aromatic N) is 4. The van der Waals surface area contributed by atoms with Crippen molar-refractivity contribution in [1.82, 2.24) is 4.90 Å². The van der Waals surface area contributed by atoms with Crippen LogP contribution in [0.5, 0.6) is 0 Å². The van der Waals surface area contributed by atoms with E-state index in [0.717, 1.165) is 0 Å². The molecule has 1 amide bonds. The SMILES string of the molecule is CN(CCCN=[N+]=[N-])C(=O)OCC(Cl)(Cl)Cl. The summed E-state index contributed by atoms with van der Waals surface area (Å²) in [5.41, 5.74) is 8.02. The summed E-state index contributed by atoms with van der Waals surface area (Å²) >= 11 is 16.2. The van der Waals surface area contributed by atoms with E-state index in [1.807, 2.05) is 0 Å². The number of carbonyl (C=O) groups excluding carboxylic acids is 1. The summed E-state index contributed by atoms with van der Waals surface area (Å²) in [6.07, 6.45) is -0.0454. The van der Waals surface area contributed by atoms with Crippen molar-refractivity contribution in [1.29, 1.82) is 0 Å². The number of halogens is 3. The molecule has 0 spiro atoms. The fraction of sp³-hybridized carbons (Fsp3) is 0.857. The van der Waals surface area contributed by atoms with Crippen molar-refractivity contribution in [3.05, 3.63) is 10.4 Å². The standard InChI is InChI=1S/C7H11Cl3N4O2/c1-14(4-2-3-12-13-11)6(15)16-5-7(8,9)10/h2-5H2,1H3. The third kappa shape index (κ3) is 8.73. The first-order valence-electron chi connectivity index (χ1n) is 4.32. The first kappa shape index (κ1) is 15.4. The number of alkyl halides is 3. The molecule has 0 aliphatic rings. The van der Waals surface area contributed by atoms with Crippen LogP contribution in [0.3, 0.4) is 0 Å². The molecule has 0 saturated heterocycles. The molecule has 0 aromatic heterocycles. The zero-order valence-corrected chi connectivity index (χ0v) is 10.8. The quantitative estimate of drug-likeness (QED) is 0.256. The molecule has 92 valence electrons. The molecule has 0 aromatic rings. The molecular weight excluding hydrogens is 278 g/mol. The van der Waals surface area contributed by atoms with Gasteiger partial charge in [-0.1, -0.05) is 39.9 Å². The third-order valence-corrected chi connectivity index (χ3v) is 1.81. The number of azide groups is 1. The topological polar surface area (TPSA) is 78.3 Å². The highest BCUT2D eigenvalue weighted by Gasteiger charge is 2.23. The Morgan fingerprint density at radius 1 is 1.56 bits per heavy atom. The van der Waals surface area contributed by atoms with Gasteiger partial charge in [0.2, 0.25) is 3.79 Å². The number of carbonyl (C=O) groups is 1. The zero-order valence-electron chi connectivity index (χ0n) is 8.57. The Balaban J connectivity index is 3.77. The highest BCUT2D eigenvalue weighted by atomic mass is 35.6. The van der Waals surface area contributed by atoms with Crippen molar-refractivity contribution >= 4 is 40.9 Å². The molecular formula is C7H11Cl3N4O2. The second kappa shape index (κ2) is 7.68. The van der Waals surface area contributed by atoms with Crippen LogP contribution in [-0.4, -0.2) is 41.5 Å². The average molecular weight is 290 g/mol. The number of ether oxygens (including phenoxy) is 1. The lowest BCUT2D eigenvalue weighted by Gasteiger charge is -2.18. The van der Waals surface area contributed by atoms with Gasteiger partial charge in [-0.15, -0.1) is 0 Å². The maximum absolute atomic E-state index is 11.3. The normalized spacial score (nSPS) is 10.5. The molecule has 0 aliphatic heterocycles. The minimum Gasteiger partial charge on any atom is -0.445 e. The summed E-state index contributed by atoms with van der Waals surface area (Å²) in [6.45, 7) is 0.410. The molecule has 0 saturated carbocycles. The Hall–Kier alpha value is -0.550. The summed E-state index contributed by atoms with van der Waals surface area (Å²) in [5.74, 6) is 0. The van der Waals surface area contributed by atoms with Crippen LogP contribution in [0.2, 0.25) is 0 Å². The Bertz CT molecular complexity index is 275. The molecule has 16 heavy (non-hydrogen) atoms. The fourth-order valence-electron chi connectivity index (χ4n) is 0.768. The Morgan fingerprint density at radius 3 is 2.69 bits per heavy atom. The lowest BCUT2D eigenvalue weighted by atomic mass is 10.4. The summed E-state index contributed by atoms with van der Waals surface area (Å²) in [4.78, 5) is 15.2. The number of rotatable bonds is 5. The van der Waals surface area contributed by atoms with Crippen molar-refractivity contribution in [2.24, 2.45) is 5.11 Å². The van der Waals surface area contributed by atoms with E-state index in [9.17, 15) is 4.79 Å². The Kier molecular flexibility index (Phi) is 7.42. The van der Waals surface area contributed by atoms with Crippen molar-refractivity contribution in [2.45, 2.75) is 10.2 Å².